The molecule has 4 N–H and O–H groups in total. The number of carbonyl (C=O) groups is 2. The van der Waals surface area contributed by atoms with Crippen LogP contribution >= 0.6 is 23.2 Å². The molecule has 2 atom stereocenters. The molecule has 2 heterocycles. The number of rotatable bonds is 7. The van der Waals surface area contributed by atoms with Gasteiger partial charge in [-0.1, -0.05) is 41.4 Å². The number of piperidine rings is 1. The summed E-state index contributed by atoms with van der Waals surface area (Å²) >= 11 is 12.6. The Morgan fingerprint density at radius 2 is 1.85 bits per heavy atom. The number of aryl methyl sites for hydroxylation is 1. The molecule has 0 bridgehead atoms. The second-order valence-corrected chi connectivity index (χ2v) is 11.4. The highest BCUT2D eigenvalue weighted by Gasteiger charge is 2.31. The zero-order valence-corrected chi connectivity index (χ0v) is 23.8. The molecule has 0 spiro atoms. The molecule has 1 aromatic heterocycles. The average molecular weight is 571 g/mol. The lowest BCUT2D eigenvalue weighted by Gasteiger charge is -2.31. The van der Waals surface area contributed by atoms with Crippen molar-refractivity contribution in [2.45, 2.75) is 64.1 Å². The Labute approximate surface area is 238 Å². The van der Waals surface area contributed by atoms with Gasteiger partial charge in [-0.05, 0) is 82.8 Å². The van der Waals surface area contributed by atoms with Crippen molar-refractivity contribution in [1.29, 1.82) is 0 Å². The lowest BCUT2D eigenvalue weighted by Crippen LogP contribution is -2.52. The molecule has 3 aromatic rings. The normalized spacial score (nSPS) is 17.5. The van der Waals surface area contributed by atoms with Gasteiger partial charge in [0.1, 0.15) is 17.5 Å². The number of halogens is 2. The molecule has 206 valence electrons. The highest BCUT2D eigenvalue weighted by molar-refractivity contribution is 6.36. The molecule has 39 heavy (non-hydrogen) atoms. The Morgan fingerprint density at radius 3 is 2.56 bits per heavy atom. The minimum absolute atomic E-state index is 0.153. The molecular weight excluding hydrogens is 537 g/mol. The van der Waals surface area contributed by atoms with Crippen LogP contribution in [0.15, 0.2) is 48.7 Å². The minimum atomic E-state index is -0.568. The van der Waals surface area contributed by atoms with Crippen LogP contribution in [-0.2, 0) is 22.4 Å². The first-order valence-corrected chi connectivity index (χ1v) is 13.7. The summed E-state index contributed by atoms with van der Waals surface area (Å²) < 4.78 is 5.50. The van der Waals surface area contributed by atoms with Crippen LogP contribution in [0.3, 0.4) is 0 Å². The van der Waals surface area contributed by atoms with E-state index < -0.39 is 11.6 Å². The summed E-state index contributed by atoms with van der Waals surface area (Å²) in [4.78, 5) is 34.7. The average Bonchev–Trinajstić information content (AvgIpc) is 2.88. The van der Waals surface area contributed by atoms with Gasteiger partial charge in [-0.25, -0.2) is 9.97 Å². The zero-order chi connectivity index (χ0) is 28.2. The van der Waals surface area contributed by atoms with Gasteiger partial charge in [0.05, 0.1) is 17.6 Å². The molecule has 1 saturated heterocycles. The van der Waals surface area contributed by atoms with Gasteiger partial charge in [-0.15, -0.1) is 0 Å². The van der Waals surface area contributed by atoms with Crippen molar-refractivity contribution < 1.29 is 14.3 Å². The van der Waals surface area contributed by atoms with E-state index in [0.29, 0.717) is 65.0 Å². The fourth-order valence-corrected chi connectivity index (χ4v) is 5.05. The summed E-state index contributed by atoms with van der Waals surface area (Å²) in [5.74, 6) is -0.192. The number of hydrogen-bond acceptors (Lipinski definition) is 7. The first kappa shape index (κ1) is 28.8. The highest BCUT2D eigenvalue weighted by atomic mass is 35.5. The monoisotopic (exact) mass is 569 g/mol. The van der Waals surface area contributed by atoms with E-state index >= 15 is 0 Å². The molecule has 1 aliphatic heterocycles. The summed E-state index contributed by atoms with van der Waals surface area (Å²) in [7, 11) is 0. The molecule has 1 fully saturated rings. The van der Waals surface area contributed by atoms with Gasteiger partial charge in [0.25, 0.3) is 5.91 Å². The van der Waals surface area contributed by atoms with Crippen molar-refractivity contribution in [3.05, 3.63) is 75.5 Å². The number of anilines is 1. The van der Waals surface area contributed by atoms with Crippen LogP contribution in [0.2, 0.25) is 10.0 Å². The second-order valence-electron chi connectivity index (χ2n) is 10.6. The summed E-state index contributed by atoms with van der Waals surface area (Å²) in [5.41, 5.74) is 8.84. The maximum atomic E-state index is 13.1. The number of esters is 1. The fourth-order valence-electron chi connectivity index (χ4n) is 4.46. The molecule has 10 heteroatoms. The van der Waals surface area contributed by atoms with Gasteiger partial charge < -0.3 is 21.1 Å². The largest absolute Gasteiger partial charge is 0.459 e. The number of nitrogen functional groups attached to an aromatic ring is 1. The van der Waals surface area contributed by atoms with Crippen LogP contribution in [0.5, 0.6) is 0 Å². The second kappa shape index (κ2) is 12.3. The maximum absolute atomic E-state index is 13.1. The Morgan fingerprint density at radius 1 is 1.13 bits per heavy atom. The lowest BCUT2D eigenvalue weighted by atomic mass is 9.98. The van der Waals surface area contributed by atoms with E-state index in [4.69, 9.17) is 38.7 Å². The summed E-state index contributed by atoms with van der Waals surface area (Å²) in [6, 6.07) is 12.0. The van der Waals surface area contributed by atoms with Crippen molar-refractivity contribution >= 4 is 40.9 Å². The van der Waals surface area contributed by atoms with Crippen LogP contribution in [0.1, 0.15) is 55.2 Å². The topological polar surface area (TPSA) is 119 Å². The third kappa shape index (κ3) is 7.68. The molecule has 0 aliphatic carbocycles. The number of nitrogens with one attached hydrogen (secondary N) is 2. The molecule has 0 radical (unpaired) electrons. The molecule has 8 nitrogen and oxygen atoms in total. The van der Waals surface area contributed by atoms with Crippen LogP contribution < -0.4 is 16.4 Å². The van der Waals surface area contributed by atoms with Crippen LogP contribution in [0.25, 0.3) is 11.3 Å². The standard InChI is InChI=1S/C29H33Cl2N5O3/c1-29(2,3)39-28(38)24-15-19(12-13-33-24)35-27(37)18-7-4-6-17(14-18)25-16-34-26(32)23(36-25)11-10-20-21(30)8-5-9-22(20)31/h4-9,14,16,19,24,33H,10-13,15H2,1-3H3,(H2,32,34)(H,35,37)/t19?,24-/m1/s1. The van der Waals surface area contributed by atoms with Crippen molar-refractivity contribution in [2.75, 3.05) is 12.3 Å². The van der Waals surface area contributed by atoms with Gasteiger partial charge in [-0.2, -0.15) is 0 Å². The third-order valence-corrected chi connectivity index (χ3v) is 7.11. The number of nitrogens with zero attached hydrogens (tertiary/aromatic N) is 2. The van der Waals surface area contributed by atoms with Gasteiger partial charge >= 0.3 is 5.97 Å². The first-order valence-electron chi connectivity index (χ1n) is 12.9. The Hall–Kier alpha value is -3.20. The van der Waals surface area contributed by atoms with Crippen molar-refractivity contribution in [3.8, 4) is 11.3 Å². The number of aromatic nitrogens is 2. The summed E-state index contributed by atoms with van der Waals surface area (Å²) in [6.45, 7) is 6.12. The number of ether oxygens (including phenoxy) is 1. The van der Waals surface area contributed by atoms with E-state index in [1.807, 2.05) is 26.8 Å². The molecule has 4 rings (SSSR count). The molecule has 1 amide bonds. The molecule has 2 aromatic carbocycles. The van der Waals surface area contributed by atoms with E-state index in [1.165, 1.54) is 0 Å². The number of amides is 1. The van der Waals surface area contributed by atoms with Crippen LogP contribution in [0.4, 0.5) is 5.82 Å². The fraction of sp³-hybridized carbons (Fsp3) is 0.379. The SMILES string of the molecule is CC(C)(C)OC(=O)[C@H]1CC(NC(=O)c2cccc(-c3cnc(N)c(CCc4c(Cl)cccc4Cl)n3)c2)CCN1. The van der Waals surface area contributed by atoms with Gasteiger partial charge in [0.2, 0.25) is 0 Å². The van der Waals surface area contributed by atoms with Crippen LogP contribution in [0, 0.1) is 0 Å². The Kier molecular flexibility index (Phi) is 9.10. The van der Waals surface area contributed by atoms with Crippen molar-refractivity contribution in [2.24, 2.45) is 0 Å². The summed E-state index contributed by atoms with van der Waals surface area (Å²) in [6.07, 6.45) is 3.83. The number of carbonyl (C=O) groups excluding carboxylic acids is 2. The highest BCUT2D eigenvalue weighted by Crippen LogP contribution is 2.27. The van der Waals surface area contributed by atoms with Gasteiger partial charge in [0, 0.05) is 27.2 Å². The maximum Gasteiger partial charge on any atom is 0.323 e. The first-order chi connectivity index (χ1) is 18.5. The zero-order valence-electron chi connectivity index (χ0n) is 22.3. The van der Waals surface area contributed by atoms with Gasteiger partial charge in [0.15, 0.2) is 0 Å². The molecule has 0 saturated carbocycles. The third-order valence-electron chi connectivity index (χ3n) is 6.40. The summed E-state index contributed by atoms with van der Waals surface area (Å²) in [5, 5.41) is 7.43. The Bertz CT molecular complexity index is 1340. The van der Waals surface area contributed by atoms with Crippen LogP contribution in [-0.4, -0.2) is 46.1 Å². The Balaban J connectivity index is 1.44. The van der Waals surface area contributed by atoms with E-state index in [-0.39, 0.29) is 17.9 Å². The van der Waals surface area contributed by atoms with E-state index in [0.717, 1.165) is 11.1 Å². The lowest BCUT2D eigenvalue weighted by molar-refractivity contribution is -0.158. The number of benzene rings is 2. The predicted octanol–water partition coefficient (Wildman–Crippen LogP) is 5.01. The molecular formula is C29H33Cl2N5O3. The van der Waals surface area contributed by atoms with E-state index in [2.05, 4.69) is 15.6 Å². The van der Waals surface area contributed by atoms with Gasteiger partial charge in [-0.3, -0.25) is 9.59 Å². The van der Waals surface area contributed by atoms with E-state index in [1.54, 1.807) is 42.6 Å². The van der Waals surface area contributed by atoms with E-state index in [9.17, 15) is 9.59 Å². The van der Waals surface area contributed by atoms with Crippen molar-refractivity contribution in [3.63, 3.8) is 0 Å². The number of hydrogen-bond donors (Lipinski definition) is 3. The molecule has 1 aliphatic rings. The molecule has 1 unspecified atom stereocenters. The quantitative estimate of drug-likeness (QED) is 0.342. The minimum Gasteiger partial charge on any atom is -0.459 e. The predicted molar refractivity (Wildman–Crippen MR) is 154 cm³/mol. The van der Waals surface area contributed by atoms with Crippen molar-refractivity contribution in [1.82, 2.24) is 20.6 Å². The number of nitrogens with two attached hydrogens (primary N) is 1. The smallest absolute Gasteiger partial charge is 0.323 e.